The first kappa shape index (κ1) is 20.5. The first-order valence-electron chi connectivity index (χ1n) is 8.07. The van der Waals surface area contributed by atoms with Crippen molar-refractivity contribution < 1.29 is 34.2 Å². The molecule has 1 saturated heterocycles. The standard InChI is InChI=1S/C17H13N3O7S2/c18-10(21)5-9(16(26)27)20-15(25)13(29-17(20)28)12-7-3-1-2-4-8(7)19(14(12)24)6-11(22)23/h1-4,9H,5-6H2,(H2,18,21)(H,22,23)(H,26,27)/b13-12-. The maximum atomic E-state index is 13.0. The molecule has 29 heavy (non-hydrogen) atoms. The van der Waals surface area contributed by atoms with Gasteiger partial charge in [-0.3, -0.25) is 29.0 Å². The molecule has 3 rings (SSSR count). The number of para-hydroxylation sites is 1. The lowest BCUT2D eigenvalue weighted by Gasteiger charge is -2.21. The summed E-state index contributed by atoms with van der Waals surface area (Å²) in [6.07, 6.45) is -0.653. The Bertz CT molecular complexity index is 1020. The number of primary amides is 1. The molecule has 4 N–H and O–H groups in total. The van der Waals surface area contributed by atoms with E-state index in [-0.39, 0.29) is 14.8 Å². The Morgan fingerprint density at radius 3 is 2.38 bits per heavy atom. The number of carboxylic acids is 2. The molecule has 12 heteroatoms. The molecule has 3 amide bonds. The smallest absolute Gasteiger partial charge is 0.327 e. The van der Waals surface area contributed by atoms with Gasteiger partial charge in [0.05, 0.1) is 22.6 Å². The average molecular weight is 435 g/mol. The number of rotatable bonds is 6. The van der Waals surface area contributed by atoms with Crippen LogP contribution in [0.25, 0.3) is 5.57 Å². The van der Waals surface area contributed by atoms with E-state index in [1.54, 1.807) is 18.2 Å². The van der Waals surface area contributed by atoms with Gasteiger partial charge < -0.3 is 15.9 Å². The zero-order chi connectivity index (χ0) is 21.5. The number of hydrogen-bond acceptors (Lipinski definition) is 7. The molecule has 1 atom stereocenters. The predicted octanol–water partition coefficient (Wildman–Crippen LogP) is 0.0178. The normalized spacial score (nSPS) is 19.5. The lowest BCUT2D eigenvalue weighted by Crippen LogP contribution is -2.46. The van der Waals surface area contributed by atoms with Crippen LogP contribution in [-0.2, 0) is 24.0 Å². The third-order valence-corrected chi connectivity index (χ3v) is 5.63. The molecule has 2 heterocycles. The minimum atomic E-state index is -1.61. The van der Waals surface area contributed by atoms with E-state index >= 15 is 0 Å². The fourth-order valence-corrected chi connectivity index (χ4v) is 4.50. The molecule has 150 valence electrons. The van der Waals surface area contributed by atoms with E-state index in [0.717, 1.165) is 21.6 Å². The van der Waals surface area contributed by atoms with Gasteiger partial charge in [0.15, 0.2) is 0 Å². The highest BCUT2D eigenvalue weighted by atomic mass is 32.2. The van der Waals surface area contributed by atoms with Gasteiger partial charge in [-0.15, -0.1) is 0 Å². The first-order valence-corrected chi connectivity index (χ1v) is 9.29. The van der Waals surface area contributed by atoms with Crippen molar-refractivity contribution in [2.75, 3.05) is 11.4 Å². The largest absolute Gasteiger partial charge is 0.480 e. The number of aliphatic carboxylic acids is 2. The van der Waals surface area contributed by atoms with Crippen molar-refractivity contribution in [3.8, 4) is 0 Å². The van der Waals surface area contributed by atoms with Crippen LogP contribution in [0.3, 0.4) is 0 Å². The number of benzene rings is 1. The van der Waals surface area contributed by atoms with Crippen LogP contribution in [-0.4, -0.2) is 61.7 Å². The summed E-state index contributed by atoms with van der Waals surface area (Å²) in [4.78, 5) is 61.4. The number of hydrogen-bond donors (Lipinski definition) is 3. The molecule has 10 nitrogen and oxygen atoms in total. The van der Waals surface area contributed by atoms with Gasteiger partial charge in [0, 0.05) is 5.56 Å². The van der Waals surface area contributed by atoms with E-state index in [0.29, 0.717) is 11.3 Å². The molecule has 1 aromatic rings. The van der Waals surface area contributed by atoms with E-state index in [2.05, 4.69) is 0 Å². The van der Waals surface area contributed by atoms with Gasteiger partial charge in [0.25, 0.3) is 11.8 Å². The van der Waals surface area contributed by atoms with E-state index in [9.17, 15) is 29.1 Å². The quantitative estimate of drug-likeness (QED) is 0.413. The summed E-state index contributed by atoms with van der Waals surface area (Å²) in [6, 6.07) is 4.71. The predicted molar refractivity (Wildman–Crippen MR) is 106 cm³/mol. The Morgan fingerprint density at radius 2 is 1.79 bits per heavy atom. The summed E-state index contributed by atoms with van der Waals surface area (Å²) >= 11 is 5.83. The summed E-state index contributed by atoms with van der Waals surface area (Å²) in [6.45, 7) is -0.612. The Morgan fingerprint density at radius 1 is 1.14 bits per heavy atom. The van der Waals surface area contributed by atoms with Crippen LogP contribution in [0.1, 0.15) is 12.0 Å². The van der Waals surface area contributed by atoms with Crippen molar-refractivity contribution in [3.05, 3.63) is 34.7 Å². The van der Waals surface area contributed by atoms with Crippen molar-refractivity contribution in [2.45, 2.75) is 12.5 Å². The maximum absolute atomic E-state index is 13.0. The summed E-state index contributed by atoms with van der Waals surface area (Å²) < 4.78 is -0.145. The number of carbonyl (C=O) groups is 5. The van der Waals surface area contributed by atoms with Crippen LogP contribution >= 0.6 is 24.0 Å². The maximum Gasteiger partial charge on any atom is 0.327 e. The third kappa shape index (κ3) is 3.59. The number of carboxylic acid groups (broad SMARTS) is 2. The SMILES string of the molecule is NC(=O)CC(C(=O)O)N1C(=O)/C(=C2/C(=O)N(CC(=O)O)c3ccccc32)SC1=S. The van der Waals surface area contributed by atoms with Crippen LogP contribution in [0.4, 0.5) is 5.69 Å². The molecule has 0 bridgehead atoms. The van der Waals surface area contributed by atoms with Gasteiger partial charge in [0.1, 0.15) is 16.9 Å². The fraction of sp³-hybridized carbons (Fsp3) is 0.176. The van der Waals surface area contributed by atoms with E-state index in [1.807, 2.05) is 0 Å². The van der Waals surface area contributed by atoms with Crippen LogP contribution in [0.2, 0.25) is 0 Å². The van der Waals surface area contributed by atoms with Crippen molar-refractivity contribution in [1.82, 2.24) is 4.90 Å². The van der Waals surface area contributed by atoms with Gasteiger partial charge in [-0.25, -0.2) is 4.79 Å². The molecule has 0 aliphatic carbocycles. The average Bonchev–Trinajstić information content (AvgIpc) is 3.06. The fourth-order valence-electron chi connectivity index (χ4n) is 3.07. The summed E-state index contributed by atoms with van der Waals surface area (Å²) in [5, 5.41) is 18.5. The first-order chi connectivity index (χ1) is 13.6. The number of nitrogens with zero attached hydrogens (tertiary/aromatic N) is 2. The van der Waals surface area contributed by atoms with Gasteiger partial charge >= 0.3 is 11.9 Å². The third-order valence-electron chi connectivity index (χ3n) is 4.23. The molecule has 1 unspecified atom stereocenters. The van der Waals surface area contributed by atoms with Crippen molar-refractivity contribution in [1.29, 1.82) is 0 Å². The number of carbonyl (C=O) groups excluding carboxylic acids is 3. The molecule has 2 aliphatic rings. The molecule has 0 spiro atoms. The second kappa shape index (κ2) is 7.64. The zero-order valence-corrected chi connectivity index (χ0v) is 16.2. The van der Waals surface area contributed by atoms with Gasteiger partial charge in [0.2, 0.25) is 5.91 Å². The van der Waals surface area contributed by atoms with Crippen LogP contribution < -0.4 is 10.6 Å². The Hall–Kier alpha value is -3.25. The van der Waals surface area contributed by atoms with Gasteiger partial charge in [-0.05, 0) is 6.07 Å². The molecule has 0 aromatic heterocycles. The van der Waals surface area contributed by atoms with Crippen molar-refractivity contribution >= 4 is 69.2 Å². The number of fused-ring (bicyclic) bond motifs is 1. The summed E-state index contributed by atoms with van der Waals surface area (Å²) in [7, 11) is 0. The number of thiocarbonyl (C=S) groups is 1. The monoisotopic (exact) mass is 435 g/mol. The molecule has 0 radical (unpaired) electrons. The van der Waals surface area contributed by atoms with Crippen molar-refractivity contribution in [3.63, 3.8) is 0 Å². The van der Waals surface area contributed by atoms with Gasteiger partial charge in [-0.1, -0.05) is 42.2 Å². The second-order valence-corrected chi connectivity index (χ2v) is 7.72. The molecule has 2 aliphatic heterocycles. The summed E-state index contributed by atoms with van der Waals surface area (Å²) in [5.41, 5.74) is 5.66. The lowest BCUT2D eigenvalue weighted by atomic mass is 10.1. The highest BCUT2D eigenvalue weighted by Crippen LogP contribution is 2.45. The Labute approximate surface area is 172 Å². The van der Waals surface area contributed by atoms with Gasteiger partial charge in [-0.2, -0.15) is 0 Å². The number of anilines is 1. The Kier molecular flexibility index (Phi) is 5.40. The molecular weight excluding hydrogens is 422 g/mol. The van der Waals surface area contributed by atoms with Crippen LogP contribution in [0.5, 0.6) is 0 Å². The second-order valence-electron chi connectivity index (χ2n) is 6.07. The molecule has 0 saturated carbocycles. The highest BCUT2D eigenvalue weighted by Gasteiger charge is 2.46. The minimum absolute atomic E-state index is 0.0649. The lowest BCUT2D eigenvalue weighted by molar-refractivity contribution is -0.146. The molecular formula is C17H13N3O7S2. The zero-order valence-electron chi connectivity index (χ0n) is 14.5. The number of thioether (sulfide) groups is 1. The van der Waals surface area contributed by atoms with Crippen LogP contribution in [0, 0.1) is 0 Å². The van der Waals surface area contributed by atoms with E-state index in [1.165, 1.54) is 6.07 Å². The van der Waals surface area contributed by atoms with Crippen LogP contribution in [0.15, 0.2) is 29.2 Å². The molecule has 1 fully saturated rings. The van der Waals surface area contributed by atoms with Crippen molar-refractivity contribution in [2.24, 2.45) is 5.73 Å². The van der Waals surface area contributed by atoms with E-state index < -0.39 is 48.7 Å². The number of amides is 3. The Balaban J connectivity index is 2.10. The summed E-state index contributed by atoms with van der Waals surface area (Å²) in [5.74, 6) is -5.22. The number of nitrogens with two attached hydrogens (primary N) is 1. The minimum Gasteiger partial charge on any atom is -0.480 e. The topological polar surface area (TPSA) is 158 Å². The molecule has 1 aromatic carbocycles. The highest BCUT2D eigenvalue weighted by molar-refractivity contribution is 8.26. The van der Waals surface area contributed by atoms with E-state index in [4.69, 9.17) is 23.1 Å².